The highest BCUT2D eigenvalue weighted by molar-refractivity contribution is 8.15. The van der Waals surface area contributed by atoms with Crippen molar-refractivity contribution in [1.82, 2.24) is 10.3 Å². The van der Waals surface area contributed by atoms with E-state index >= 15 is 0 Å². The van der Waals surface area contributed by atoms with Gasteiger partial charge in [0, 0.05) is 19.4 Å². The number of hydrogen-bond acceptors (Lipinski definition) is 6. The lowest BCUT2D eigenvalue weighted by Gasteiger charge is -2.29. The first-order valence-electron chi connectivity index (χ1n) is 10.3. The Morgan fingerprint density at radius 1 is 1.16 bits per heavy atom. The number of amidine groups is 1. The molecule has 3 amide bonds. The number of hydrogen-bond donors (Lipinski definition) is 1. The number of amides is 3. The van der Waals surface area contributed by atoms with Gasteiger partial charge in [0.05, 0.1) is 18.8 Å². The van der Waals surface area contributed by atoms with Crippen molar-refractivity contribution < 1.29 is 19.1 Å². The van der Waals surface area contributed by atoms with Crippen molar-refractivity contribution in [3.63, 3.8) is 0 Å². The zero-order valence-electron chi connectivity index (χ0n) is 18.3. The quantitative estimate of drug-likeness (QED) is 0.770. The Morgan fingerprint density at radius 2 is 1.88 bits per heavy atom. The number of ether oxygens (including phenoxy) is 1. The van der Waals surface area contributed by atoms with Crippen LogP contribution < -0.4 is 15.0 Å². The van der Waals surface area contributed by atoms with Gasteiger partial charge in [0.2, 0.25) is 16.7 Å². The summed E-state index contributed by atoms with van der Waals surface area (Å²) in [5.41, 5.74) is 3.27. The maximum absolute atomic E-state index is 13.9. The minimum absolute atomic E-state index is 0.219. The van der Waals surface area contributed by atoms with Gasteiger partial charge in [-0.25, -0.2) is 0 Å². The number of nitrogens with zero attached hydrogens (tertiary/aromatic N) is 3. The van der Waals surface area contributed by atoms with E-state index in [2.05, 4.69) is 10.4 Å². The van der Waals surface area contributed by atoms with Crippen molar-refractivity contribution in [1.29, 1.82) is 0 Å². The number of fused-ring (bicyclic) bond motifs is 2. The van der Waals surface area contributed by atoms with Crippen LogP contribution in [0, 0.1) is 6.92 Å². The van der Waals surface area contributed by atoms with Crippen LogP contribution in [0.15, 0.2) is 47.6 Å². The first-order valence-corrected chi connectivity index (χ1v) is 11.1. The van der Waals surface area contributed by atoms with E-state index in [1.165, 1.54) is 18.9 Å². The summed E-state index contributed by atoms with van der Waals surface area (Å²) in [5, 5.41) is 8.31. The van der Waals surface area contributed by atoms with Crippen molar-refractivity contribution >= 4 is 40.3 Å². The lowest BCUT2D eigenvalue weighted by molar-refractivity contribution is -0.139. The van der Waals surface area contributed by atoms with Crippen LogP contribution in [0.5, 0.6) is 5.75 Å². The molecule has 166 valence electrons. The predicted octanol–water partition coefficient (Wildman–Crippen LogP) is 3.10. The number of aryl methyl sites for hydroxylation is 1. The summed E-state index contributed by atoms with van der Waals surface area (Å²) in [7, 11) is 0. The Morgan fingerprint density at radius 3 is 2.50 bits per heavy atom. The summed E-state index contributed by atoms with van der Waals surface area (Å²) in [6, 6.07) is 13.3. The molecule has 4 rings (SSSR count). The van der Waals surface area contributed by atoms with Gasteiger partial charge < -0.3 is 15.0 Å². The molecule has 2 heterocycles. The van der Waals surface area contributed by atoms with Crippen molar-refractivity contribution in [3.8, 4) is 5.75 Å². The maximum atomic E-state index is 13.9. The van der Waals surface area contributed by atoms with Crippen LogP contribution in [0.1, 0.15) is 37.5 Å². The Bertz CT molecular complexity index is 1130. The minimum Gasteiger partial charge on any atom is -0.494 e. The van der Waals surface area contributed by atoms with Gasteiger partial charge in [-0.2, -0.15) is 5.01 Å². The zero-order chi connectivity index (χ0) is 23.0. The third-order valence-corrected chi connectivity index (χ3v) is 6.47. The van der Waals surface area contributed by atoms with Crippen molar-refractivity contribution in [2.75, 3.05) is 11.5 Å². The second-order valence-corrected chi connectivity index (χ2v) is 8.83. The van der Waals surface area contributed by atoms with Gasteiger partial charge in [0.15, 0.2) is 5.17 Å². The largest absolute Gasteiger partial charge is 0.494 e. The molecule has 0 fully saturated rings. The molecule has 2 aromatic rings. The smallest absolute Gasteiger partial charge is 0.271 e. The molecule has 0 saturated carbocycles. The summed E-state index contributed by atoms with van der Waals surface area (Å²) < 4.78 is 5.50. The van der Waals surface area contributed by atoms with Crippen molar-refractivity contribution in [2.24, 2.45) is 5.10 Å². The van der Waals surface area contributed by atoms with Gasteiger partial charge >= 0.3 is 0 Å². The average Bonchev–Trinajstić information content (AvgIpc) is 3.22. The molecule has 0 aliphatic carbocycles. The summed E-state index contributed by atoms with van der Waals surface area (Å²) in [5.74, 6) is -0.227. The Kier molecular flexibility index (Phi) is 5.68. The topological polar surface area (TPSA) is 91.3 Å². The summed E-state index contributed by atoms with van der Waals surface area (Å²) in [4.78, 5) is 38.4. The normalized spacial score (nSPS) is 19.2. The van der Waals surface area contributed by atoms with E-state index in [-0.39, 0.29) is 22.9 Å². The van der Waals surface area contributed by atoms with E-state index in [1.54, 1.807) is 4.90 Å². The molecule has 1 spiro atoms. The molecule has 0 radical (unpaired) electrons. The average molecular weight is 453 g/mol. The molecule has 32 heavy (non-hydrogen) atoms. The highest BCUT2D eigenvalue weighted by Crippen LogP contribution is 2.54. The second-order valence-electron chi connectivity index (χ2n) is 7.65. The Balaban J connectivity index is 1.76. The van der Waals surface area contributed by atoms with Gasteiger partial charge in [-0.1, -0.05) is 29.8 Å². The number of benzene rings is 2. The van der Waals surface area contributed by atoms with E-state index in [4.69, 9.17) is 4.74 Å². The number of thioether (sulfide) groups is 1. The number of hydrazone groups is 1. The van der Waals surface area contributed by atoms with E-state index in [0.717, 1.165) is 28.6 Å². The van der Waals surface area contributed by atoms with Crippen LogP contribution in [-0.4, -0.2) is 34.5 Å². The van der Waals surface area contributed by atoms with Crippen LogP contribution in [0.2, 0.25) is 0 Å². The fourth-order valence-corrected chi connectivity index (χ4v) is 5.25. The molecule has 9 heteroatoms. The lowest BCUT2D eigenvalue weighted by atomic mass is 10.0. The molecular formula is C23H24N4O4S. The lowest BCUT2D eigenvalue weighted by Crippen LogP contribution is -2.48. The van der Waals surface area contributed by atoms with E-state index < -0.39 is 4.87 Å². The zero-order valence-corrected chi connectivity index (χ0v) is 19.2. The molecule has 0 unspecified atom stereocenters. The molecule has 2 aromatic carbocycles. The molecule has 0 saturated heterocycles. The third-order valence-electron chi connectivity index (χ3n) is 5.23. The Labute approximate surface area is 190 Å². The number of carbonyl (C=O) groups excluding carboxylic acids is 3. The van der Waals surface area contributed by atoms with Crippen molar-refractivity contribution in [2.45, 2.75) is 39.1 Å². The molecule has 2 aliphatic heterocycles. The highest BCUT2D eigenvalue weighted by Gasteiger charge is 2.61. The number of rotatable bonds is 4. The Hall–Kier alpha value is -3.33. The molecule has 8 nitrogen and oxygen atoms in total. The standard InChI is InChI=1S/C23H24N4O4S/c1-5-31-18-9-7-17(8-10-18)13-26-20-11-6-14(2)12-19(20)23(21(26)30)27(16(4)29)25-22(32-23)24-15(3)28/h6-12H,5,13H2,1-4H3,(H,24,25,28)/t23-/m1/s1. The maximum Gasteiger partial charge on any atom is 0.271 e. The SMILES string of the molecule is CCOc1ccc(CN2C(=O)[C@]3(SC(NC(C)=O)=NN3C(C)=O)c3cc(C)ccc32)cc1. The van der Waals surface area contributed by atoms with Crippen LogP contribution in [-0.2, 0) is 25.8 Å². The van der Waals surface area contributed by atoms with Gasteiger partial charge in [0.25, 0.3) is 5.91 Å². The monoisotopic (exact) mass is 452 g/mol. The third kappa shape index (κ3) is 3.62. The van der Waals surface area contributed by atoms with E-state index in [1.807, 2.05) is 56.3 Å². The fraction of sp³-hybridized carbons (Fsp3) is 0.304. The van der Waals surface area contributed by atoms with Gasteiger partial charge in [-0.05, 0) is 49.4 Å². The van der Waals surface area contributed by atoms with E-state index in [0.29, 0.717) is 24.4 Å². The van der Waals surface area contributed by atoms with Gasteiger partial charge in [-0.3, -0.25) is 14.4 Å². The molecule has 2 aliphatic rings. The summed E-state index contributed by atoms with van der Waals surface area (Å²) >= 11 is 1.08. The van der Waals surface area contributed by atoms with Crippen LogP contribution in [0.4, 0.5) is 5.69 Å². The highest BCUT2D eigenvalue weighted by atomic mass is 32.2. The van der Waals surface area contributed by atoms with E-state index in [9.17, 15) is 14.4 Å². The molecule has 1 N–H and O–H groups in total. The fourth-order valence-electron chi connectivity index (χ4n) is 3.92. The van der Waals surface area contributed by atoms with Crippen LogP contribution in [0.25, 0.3) is 0 Å². The molecular weight excluding hydrogens is 428 g/mol. The van der Waals surface area contributed by atoms with Gasteiger partial charge in [-0.15, -0.1) is 5.10 Å². The summed E-state index contributed by atoms with van der Waals surface area (Å²) in [6.07, 6.45) is 0. The second kappa shape index (κ2) is 8.31. The van der Waals surface area contributed by atoms with Crippen LogP contribution >= 0.6 is 11.8 Å². The number of carbonyl (C=O) groups is 3. The predicted molar refractivity (Wildman–Crippen MR) is 123 cm³/mol. The molecule has 0 bridgehead atoms. The number of nitrogens with one attached hydrogen (secondary N) is 1. The molecule has 0 aromatic heterocycles. The molecule has 1 atom stereocenters. The van der Waals surface area contributed by atoms with Crippen LogP contribution in [0.3, 0.4) is 0 Å². The summed E-state index contributed by atoms with van der Waals surface area (Å²) in [6.45, 7) is 7.48. The first-order chi connectivity index (χ1) is 15.3. The first kappa shape index (κ1) is 21.9. The minimum atomic E-state index is -1.39. The number of anilines is 1. The van der Waals surface area contributed by atoms with Crippen molar-refractivity contribution in [3.05, 3.63) is 59.2 Å². The van der Waals surface area contributed by atoms with Gasteiger partial charge in [0.1, 0.15) is 5.75 Å².